The van der Waals surface area contributed by atoms with E-state index < -0.39 is 5.76 Å². The number of hydrogen-bond acceptors (Lipinski definition) is 3. The number of H-pyrrole nitrogens is 1. The summed E-state index contributed by atoms with van der Waals surface area (Å²) in [4.78, 5) is 13.0. The fourth-order valence-electron chi connectivity index (χ4n) is 0.949. The third-order valence-electron chi connectivity index (χ3n) is 1.45. The van der Waals surface area contributed by atoms with Crippen LogP contribution in [-0.4, -0.2) is 14.8 Å². The summed E-state index contributed by atoms with van der Waals surface area (Å²) < 4.78 is 6.46. The van der Waals surface area contributed by atoms with Gasteiger partial charge in [-0.05, 0) is 6.07 Å². The number of nitrogens with one attached hydrogen (secondary N) is 1. The van der Waals surface area contributed by atoms with E-state index in [9.17, 15) is 4.79 Å². The Hall–Kier alpha value is -1.78. The first kappa shape index (κ1) is 6.90. The Bertz CT molecular complexity index is 398. The van der Waals surface area contributed by atoms with E-state index in [1.807, 2.05) is 6.07 Å². The molecule has 0 aliphatic rings. The first-order valence-corrected chi connectivity index (χ1v) is 3.49. The lowest BCUT2D eigenvalue weighted by atomic mass is 10.5. The molecule has 0 amide bonds. The van der Waals surface area contributed by atoms with E-state index in [2.05, 4.69) is 10.1 Å². The van der Waals surface area contributed by atoms with Gasteiger partial charge in [0.1, 0.15) is 12.3 Å². The average Bonchev–Trinajstić information content (AvgIpc) is 2.63. The van der Waals surface area contributed by atoms with E-state index in [4.69, 9.17) is 4.42 Å². The number of rotatable bonds is 2. The molecule has 0 unspecified atom stereocenters. The normalized spacial score (nSPS) is 10.3. The first-order valence-electron chi connectivity index (χ1n) is 3.49. The van der Waals surface area contributed by atoms with Crippen molar-refractivity contribution in [2.45, 2.75) is 6.54 Å². The molecule has 0 bridgehead atoms. The third-order valence-corrected chi connectivity index (χ3v) is 1.45. The van der Waals surface area contributed by atoms with Gasteiger partial charge in [-0.2, -0.15) is 5.10 Å². The number of aromatic nitrogens is 3. The van der Waals surface area contributed by atoms with Crippen LogP contribution >= 0.6 is 0 Å². The van der Waals surface area contributed by atoms with Crippen molar-refractivity contribution in [1.29, 1.82) is 0 Å². The van der Waals surface area contributed by atoms with Crippen LogP contribution in [0.25, 0.3) is 0 Å². The first-order chi connectivity index (χ1) is 5.84. The lowest BCUT2D eigenvalue weighted by Gasteiger charge is -1.93. The summed E-state index contributed by atoms with van der Waals surface area (Å²) in [6, 6.07) is 1.81. The Morgan fingerprint density at radius 3 is 3.17 bits per heavy atom. The Kier molecular flexibility index (Phi) is 1.55. The van der Waals surface area contributed by atoms with Crippen molar-refractivity contribution in [1.82, 2.24) is 14.8 Å². The molecule has 0 saturated carbocycles. The van der Waals surface area contributed by atoms with Crippen molar-refractivity contribution in [2.24, 2.45) is 0 Å². The van der Waals surface area contributed by atoms with E-state index in [0.29, 0.717) is 12.3 Å². The fraction of sp³-hybridized carbons (Fsp3) is 0.143. The van der Waals surface area contributed by atoms with Gasteiger partial charge in [-0.25, -0.2) is 4.79 Å². The molecule has 0 aromatic carbocycles. The summed E-state index contributed by atoms with van der Waals surface area (Å²) in [5.41, 5.74) is 0. The minimum Gasteiger partial charge on any atom is -0.411 e. The lowest BCUT2D eigenvalue weighted by molar-refractivity contribution is 0.447. The Morgan fingerprint density at radius 1 is 1.67 bits per heavy atom. The molecule has 1 N–H and O–H groups in total. The van der Waals surface area contributed by atoms with Gasteiger partial charge in [0, 0.05) is 18.6 Å². The largest absolute Gasteiger partial charge is 0.416 e. The highest BCUT2D eigenvalue weighted by atomic mass is 16.4. The predicted molar refractivity (Wildman–Crippen MR) is 40.7 cm³/mol. The molecule has 62 valence electrons. The summed E-state index contributed by atoms with van der Waals surface area (Å²) in [6.07, 6.45) is 5.00. The molecular weight excluding hydrogens is 158 g/mol. The smallest absolute Gasteiger partial charge is 0.411 e. The van der Waals surface area contributed by atoms with E-state index >= 15 is 0 Å². The highest BCUT2D eigenvalue weighted by molar-refractivity contribution is 4.90. The summed E-state index contributed by atoms with van der Waals surface area (Å²) in [5, 5.41) is 3.96. The van der Waals surface area contributed by atoms with Crippen LogP contribution in [0.2, 0.25) is 0 Å². The van der Waals surface area contributed by atoms with Crippen LogP contribution in [0, 0.1) is 0 Å². The molecule has 0 aliphatic heterocycles. The van der Waals surface area contributed by atoms with Crippen LogP contribution in [0.4, 0.5) is 0 Å². The predicted octanol–water partition coefficient (Wildman–Crippen LogP) is 0.213. The van der Waals surface area contributed by atoms with Gasteiger partial charge in [0.2, 0.25) is 0 Å². The summed E-state index contributed by atoms with van der Waals surface area (Å²) in [6.45, 7) is 0.478. The molecule has 5 nitrogen and oxygen atoms in total. The Morgan fingerprint density at radius 2 is 2.58 bits per heavy atom. The van der Waals surface area contributed by atoms with Crippen LogP contribution in [0.3, 0.4) is 0 Å². The standard InChI is InChI=1S/C7H7N3O2/c11-7-8-4-6(12-7)5-10-3-1-2-9-10/h1-4H,5H2,(H,8,11). The van der Waals surface area contributed by atoms with Gasteiger partial charge in [-0.3, -0.25) is 9.67 Å². The van der Waals surface area contributed by atoms with E-state index in [-0.39, 0.29) is 0 Å². The maximum atomic E-state index is 10.6. The van der Waals surface area contributed by atoms with Crippen LogP contribution in [0.5, 0.6) is 0 Å². The molecule has 0 atom stereocenters. The van der Waals surface area contributed by atoms with E-state index in [0.717, 1.165) is 0 Å². The van der Waals surface area contributed by atoms with Gasteiger partial charge in [0.25, 0.3) is 0 Å². The van der Waals surface area contributed by atoms with Crippen molar-refractivity contribution >= 4 is 0 Å². The van der Waals surface area contributed by atoms with E-state index in [1.165, 1.54) is 6.20 Å². The molecular formula is C7H7N3O2. The molecule has 2 aromatic rings. The molecule has 5 heteroatoms. The zero-order chi connectivity index (χ0) is 8.39. The van der Waals surface area contributed by atoms with E-state index in [1.54, 1.807) is 17.1 Å². The highest BCUT2D eigenvalue weighted by Gasteiger charge is 1.98. The zero-order valence-electron chi connectivity index (χ0n) is 6.23. The van der Waals surface area contributed by atoms with Gasteiger partial charge in [0.05, 0.1) is 0 Å². The second-order valence-electron chi connectivity index (χ2n) is 2.35. The molecule has 0 radical (unpaired) electrons. The highest BCUT2D eigenvalue weighted by Crippen LogP contribution is 1.95. The van der Waals surface area contributed by atoms with Gasteiger partial charge in [-0.1, -0.05) is 0 Å². The Balaban J connectivity index is 2.19. The van der Waals surface area contributed by atoms with Gasteiger partial charge in [0.15, 0.2) is 0 Å². The Labute approximate surface area is 67.6 Å². The van der Waals surface area contributed by atoms with Crippen LogP contribution in [-0.2, 0) is 6.54 Å². The second-order valence-corrected chi connectivity index (χ2v) is 2.35. The van der Waals surface area contributed by atoms with Gasteiger partial charge < -0.3 is 4.42 Å². The van der Waals surface area contributed by atoms with Crippen molar-refractivity contribution in [3.05, 3.63) is 41.0 Å². The van der Waals surface area contributed by atoms with Crippen LogP contribution in [0.1, 0.15) is 5.76 Å². The molecule has 0 saturated heterocycles. The molecule has 2 rings (SSSR count). The molecule has 0 fully saturated rings. The number of oxazole rings is 1. The third kappa shape index (κ3) is 1.29. The van der Waals surface area contributed by atoms with Crippen molar-refractivity contribution in [3.8, 4) is 0 Å². The topological polar surface area (TPSA) is 63.8 Å². The number of hydrogen-bond donors (Lipinski definition) is 1. The maximum absolute atomic E-state index is 10.6. The maximum Gasteiger partial charge on any atom is 0.416 e. The molecule has 0 aliphatic carbocycles. The van der Waals surface area contributed by atoms with Crippen molar-refractivity contribution in [2.75, 3.05) is 0 Å². The molecule has 2 heterocycles. The molecule has 12 heavy (non-hydrogen) atoms. The average molecular weight is 165 g/mol. The lowest BCUT2D eigenvalue weighted by Crippen LogP contribution is -1.99. The molecule has 2 aromatic heterocycles. The molecule has 0 spiro atoms. The SMILES string of the molecule is O=c1[nH]cc(Cn2cccn2)o1. The van der Waals surface area contributed by atoms with Gasteiger partial charge in [-0.15, -0.1) is 0 Å². The fourth-order valence-corrected chi connectivity index (χ4v) is 0.949. The second kappa shape index (κ2) is 2.69. The monoisotopic (exact) mass is 165 g/mol. The van der Waals surface area contributed by atoms with Crippen LogP contribution in [0.15, 0.2) is 33.9 Å². The van der Waals surface area contributed by atoms with Crippen molar-refractivity contribution < 1.29 is 4.42 Å². The summed E-state index contributed by atoms with van der Waals surface area (Å²) in [5.74, 6) is 0.140. The number of aromatic amines is 1. The minimum absolute atomic E-state index is 0.433. The summed E-state index contributed by atoms with van der Waals surface area (Å²) >= 11 is 0. The van der Waals surface area contributed by atoms with Crippen LogP contribution < -0.4 is 5.76 Å². The van der Waals surface area contributed by atoms with Gasteiger partial charge >= 0.3 is 5.76 Å². The number of nitrogens with zero attached hydrogens (tertiary/aromatic N) is 2. The minimum atomic E-state index is -0.433. The zero-order valence-corrected chi connectivity index (χ0v) is 6.23. The van der Waals surface area contributed by atoms with Crippen molar-refractivity contribution in [3.63, 3.8) is 0 Å². The summed E-state index contributed by atoms with van der Waals surface area (Å²) in [7, 11) is 0. The quantitative estimate of drug-likeness (QED) is 0.691.